The molecule has 1 heterocycles. The molecule has 27 heavy (non-hydrogen) atoms. The first kappa shape index (κ1) is 21.2. The van der Waals surface area contributed by atoms with Crippen LogP contribution in [0.15, 0.2) is 34.9 Å². The maximum absolute atomic E-state index is 5.79. The zero-order valence-corrected chi connectivity index (χ0v) is 17.5. The Balaban J connectivity index is 2.43. The molecular formula is C20H30N4O2S. The molecule has 0 amide bonds. The minimum atomic E-state index is 0.595. The second-order valence-corrected chi connectivity index (χ2v) is 6.49. The van der Waals surface area contributed by atoms with Crippen molar-refractivity contribution in [3.63, 3.8) is 0 Å². The Morgan fingerprint density at radius 1 is 1.19 bits per heavy atom. The lowest BCUT2D eigenvalue weighted by Gasteiger charge is -2.27. The first-order chi connectivity index (χ1) is 13.2. The van der Waals surface area contributed by atoms with E-state index >= 15 is 0 Å². The van der Waals surface area contributed by atoms with E-state index in [4.69, 9.17) is 21.5 Å². The molecule has 0 aliphatic rings. The molecule has 0 bridgehead atoms. The normalized spacial score (nSPS) is 10.7. The van der Waals surface area contributed by atoms with Crippen molar-refractivity contribution in [1.29, 1.82) is 0 Å². The Bertz CT molecular complexity index is 701. The third-order valence-electron chi connectivity index (χ3n) is 4.39. The van der Waals surface area contributed by atoms with E-state index in [1.54, 1.807) is 7.11 Å². The van der Waals surface area contributed by atoms with E-state index < -0.39 is 0 Å². The van der Waals surface area contributed by atoms with Crippen molar-refractivity contribution < 1.29 is 9.26 Å². The maximum Gasteiger partial charge on any atom is 0.232 e. The summed E-state index contributed by atoms with van der Waals surface area (Å²) in [4.78, 5) is 4.29. The lowest BCUT2D eigenvalue weighted by Crippen LogP contribution is -2.41. The molecule has 0 aliphatic heterocycles. The number of nitrogens with zero attached hydrogens (tertiary/aromatic N) is 3. The first-order valence-electron chi connectivity index (χ1n) is 9.46. The van der Waals surface area contributed by atoms with Crippen LogP contribution in [0.4, 0.5) is 5.88 Å². The molecule has 0 radical (unpaired) electrons. The number of anilines is 1. The molecule has 0 unspecified atom stereocenters. The molecule has 0 saturated heterocycles. The van der Waals surface area contributed by atoms with Crippen molar-refractivity contribution >= 4 is 23.2 Å². The fourth-order valence-corrected chi connectivity index (χ4v) is 3.23. The van der Waals surface area contributed by atoms with Crippen LogP contribution in [-0.2, 0) is 11.3 Å². The van der Waals surface area contributed by atoms with Crippen LogP contribution in [-0.4, -0.2) is 55.1 Å². The molecule has 0 atom stereocenters. The standard InChI is InChI=1S/C20H30N4O2S/c1-5-21-20(27)24(13-14-25-4)15-17-18(16-11-9-8-10-12-16)22-26-19(17)23(6-2)7-3/h8-12H,5-7,13-15H2,1-4H3,(H,21,27). The molecule has 6 nitrogen and oxygen atoms in total. The van der Waals surface area contributed by atoms with Gasteiger partial charge in [0, 0.05) is 38.9 Å². The van der Waals surface area contributed by atoms with Crippen LogP contribution in [0.3, 0.4) is 0 Å². The van der Waals surface area contributed by atoms with E-state index in [1.165, 1.54) is 0 Å². The number of hydrogen-bond donors (Lipinski definition) is 1. The van der Waals surface area contributed by atoms with Gasteiger partial charge in [0.1, 0.15) is 5.69 Å². The number of aromatic nitrogens is 1. The zero-order chi connectivity index (χ0) is 19.6. The average molecular weight is 391 g/mol. The van der Waals surface area contributed by atoms with Crippen molar-refractivity contribution in [2.24, 2.45) is 0 Å². The predicted octanol–water partition coefficient (Wildman–Crippen LogP) is 3.53. The van der Waals surface area contributed by atoms with Crippen LogP contribution < -0.4 is 10.2 Å². The van der Waals surface area contributed by atoms with Gasteiger partial charge in [-0.3, -0.25) is 0 Å². The van der Waals surface area contributed by atoms with Crippen molar-refractivity contribution in [3.05, 3.63) is 35.9 Å². The third kappa shape index (κ3) is 5.43. The summed E-state index contributed by atoms with van der Waals surface area (Å²) in [5.74, 6) is 0.806. The fourth-order valence-electron chi connectivity index (χ4n) is 2.93. The van der Waals surface area contributed by atoms with Gasteiger partial charge in [0.25, 0.3) is 0 Å². The van der Waals surface area contributed by atoms with Crippen LogP contribution in [0, 0.1) is 0 Å². The predicted molar refractivity (Wildman–Crippen MR) is 114 cm³/mol. The summed E-state index contributed by atoms with van der Waals surface area (Å²) in [6.45, 7) is 10.6. The molecule has 1 aromatic heterocycles. The van der Waals surface area contributed by atoms with Gasteiger partial charge in [-0.25, -0.2) is 0 Å². The Kier molecular flexibility index (Phi) is 8.54. The third-order valence-corrected chi connectivity index (χ3v) is 4.80. The molecule has 2 aromatic rings. The number of methoxy groups -OCH3 is 1. The summed E-state index contributed by atoms with van der Waals surface area (Å²) in [5.41, 5.74) is 2.94. The Hall–Kier alpha value is -2.12. The minimum Gasteiger partial charge on any atom is -0.383 e. The van der Waals surface area contributed by atoms with Gasteiger partial charge in [-0.05, 0) is 33.0 Å². The van der Waals surface area contributed by atoms with E-state index in [9.17, 15) is 0 Å². The van der Waals surface area contributed by atoms with E-state index in [1.807, 2.05) is 25.1 Å². The summed E-state index contributed by atoms with van der Waals surface area (Å²) in [5, 5.41) is 8.35. The van der Waals surface area contributed by atoms with Crippen molar-refractivity contribution in [2.45, 2.75) is 27.3 Å². The van der Waals surface area contributed by atoms with Crippen LogP contribution in [0.2, 0.25) is 0 Å². The maximum atomic E-state index is 5.79. The molecule has 148 valence electrons. The van der Waals surface area contributed by atoms with Crippen LogP contribution in [0.25, 0.3) is 11.3 Å². The summed E-state index contributed by atoms with van der Waals surface area (Å²) < 4.78 is 11.1. The van der Waals surface area contributed by atoms with E-state index in [2.05, 4.69) is 46.3 Å². The van der Waals surface area contributed by atoms with Gasteiger partial charge in [-0.2, -0.15) is 0 Å². The number of thiocarbonyl (C=S) groups is 1. The molecule has 0 aliphatic carbocycles. The fraction of sp³-hybridized carbons (Fsp3) is 0.500. The lowest BCUT2D eigenvalue weighted by atomic mass is 10.1. The van der Waals surface area contributed by atoms with E-state index in [0.717, 1.165) is 42.3 Å². The largest absolute Gasteiger partial charge is 0.383 e. The van der Waals surface area contributed by atoms with Crippen LogP contribution in [0.1, 0.15) is 26.3 Å². The molecule has 2 rings (SSSR count). The summed E-state index contributed by atoms with van der Waals surface area (Å²) >= 11 is 5.58. The highest BCUT2D eigenvalue weighted by atomic mass is 32.1. The molecular weight excluding hydrogens is 360 g/mol. The van der Waals surface area contributed by atoms with Crippen molar-refractivity contribution in [1.82, 2.24) is 15.4 Å². The molecule has 0 fully saturated rings. The van der Waals surface area contributed by atoms with Crippen LogP contribution in [0.5, 0.6) is 0 Å². The molecule has 1 N–H and O–H groups in total. The van der Waals surface area contributed by atoms with Crippen molar-refractivity contribution in [3.8, 4) is 11.3 Å². The number of rotatable bonds is 10. The molecule has 0 spiro atoms. The van der Waals surface area contributed by atoms with Gasteiger partial charge in [0.2, 0.25) is 5.88 Å². The van der Waals surface area contributed by atoms with Gasteiger partial charge in [-0.1, -0.05) is 35.5 Å². The number of hydrogen-bond acceptors (Lipinski definition) is 5. The molecule has 7 heteroatoms. The minimum absolute atomic E-state index is 0.595. The van der Waals surface area contributed by atoms with Crippen LogP contribution >= 0.6 is 12.2 Å². The van der Waals surface area contributed by atoms with E-state index in [0.29, 0.717) is 24.8 Å². The van der Waals surface area contributed by atoms with Crippen molar-refractivity contribution in [2.75, 3.05) is 44.8 Å². The van der Waals surface area contributed by atoms with E-state index in [-0.39, 0.29) is 0 Å². The topological polar surface area (TPSA) is 53.8 Å². The average Bonchev–Trinajstić information content (AvgIpc) is 3.10. The smallest absolute Gasteiger partial charge is 0.232 e. The van der Waals surface area contributed by atoms with Gasteiger partial charge in [-0.15, -0.1) is 0 Å². The Morgan fingerprint density at radius 2 is 1.89 bits per heavy atom. The Morgan fingerprint density at radius 3 is 2.48 bits per heavy atom. The first-order valence-corrected chi connectivity index (χ1v) is 9.87. The number of ether oxygens (including phenoxy) is 1. The summed E-state index contributed by atoms with van der Waals surface area (Å²) in [6, 6.07) is 10.1. The quantitative estimate of drug-likeness (QED) is 0.623. The highest BCUT2D eigenvalue weighted by Crippen LogP contribution is 2.32. The second kappa shape index (κ2) is 10.9. The summed E-state index contributed by atoms with van der Waals surface area (Å²) in [7, 11) is 1.70. The van der Waals surface area contributed by atoms with Gasteiger partial charge in [0.15, 0.2) is 5.11 Å². The molecule has 0 saturated carbocycles. The SMILES string of the molecule is CCNC(=S)N(CCOC)Cc1c(-c2ccccc2)noc1N(CC)CC. The number of benzene rings is 1. The second-order valence-electron chi connectivity index (χ2n) is 6.10. The van der Waals surface area contributed by atoms with Gasteiger partial charge in [0.05, 0.1) is 18.7 Å². The molecule has 1 aromatic carbocycles. The van der Waals surface area contributed by atoms with Gasteiger partial charge < -0.3 is 24.4 Å². The highest BCUT2D eigenvalue weighted by molar-refractivity contribution is 7.80. The lowest BCUT2D eigenvalue weighted by molar-refractivity contribution is 0.174. The zero-order valence-electron chi connectivity index (χ0n) is 16.7. The number of nitrogens with one attached hydrogen (secondary N) is 1. The van der Waals surface area contributed by atoms with Gasteiger partial charge >= 0.3 is 0 Å². The summed E-state index contributed by atoms with van der Waals surface area (Å²) in [6.07, 6.45) is 0. The Labute approximate surface area is 167 Å². The monoisotopic (exact) mass is 390 g/mol. The highest BCUT2D eigenvalue weighted by Gasteiger charge is 2.24.